The van der Waals surface area contributed by atoms with Crippen molar-refractivity contribution in [2.75, 3.05) is 40.8 Å². The van der Waals surface area contributed by atoms with E-state index in [0.29, 0.717) is 5.54 Å². The van der Waals surface area contributed by atoms with Gasteiger partial charge >= 0.3 is 0 Å². The first-order chi connectivity index (χ1) is 9.52. The topological polar surface area (TPSA) is 18.5 Å². The highest BCUT2D eigenvalue weighted by Crippen LogP contribution is 2.35. The van der Waals surface area contributed by atoms with Crippen LogP contribution in [-0.2, 0) is 0 Å². The third-order valence-electron chi connectivity index (χ3n) is 5.69. The van der Waals surface area contributed by atoms with Gasteiger partial charge in [0.25, 0.3) is 0 Å². The molecule has 0 spiro atoms. The lowest BCUT2D eigenvalue weighted by Crippen LogP contribution is -2.55. The van der Waals surface area contributed by atoms with Crippen molar-refractivity contribution in [2.24, 2.45) is 5.92 Å². The smallest absolute Gasteiger partial charge is 0.0330 e. The molecule has 3 nitrogen and oxygen atoms in total. The number of nitrogens with zero attached hydrogens (tertiary/aromatic N) is 2. The molecule has 1 saturated heterocycles. The highest BCUT2D eigenvalue weighted by atomic mass is 15.2. The standard InChI is InChI=1S/C17H35N3/c1-15-7-5-10-17(13-15,19(2)3)14-18-16-8-6-11-20(4)12-9-16/h15-16,18H,5-14H2,1-4H3. The van der Waals surface area contributed by atoms with Crippen molar-refractivity contribution in [3.8, 4) is 0 Å². The molecule has 0 aromatic heterocycles. The first-order valence-corrected chi connectivity index (χ1v) is 8.61. The van der Waals surface area contributed by atoms with E-state index in [2.05, 4.69) is 43.2 Å². The van der Waals surface area contributed by atoms with Gasteiger partial charge in [0.05, 0.1) is 0 Å². The van der Waals surface area contributed by atoms with Gasteiger partial charge in [-0.05, 0) is 72.3 Å². The average molecular weight is 281 g/mol. The molecule has 2 fully saturated rings. The zero-order valence-corrected chi connectivity index (χ0v) is 14.1. The van der Waals surface area contributed by atoms with Crippen LogP contribution in [0, 0.1) is 5.92 Å². The van der Waals surface area contributed by atoms with Crippen molar-refractivity contribution in [1.29, 1.82) is 0 Å². The lowest BCUT2D eigenvalue weighted by Gasteiger charge is -2.46. The van der Waals surface area contributed by atoms with E-state index in [1.165, 1.54) is 64.6 Å². The summed E-state index contributed by atoms with van der Waals surface area (Å²) in [7, 11) is 6.81. The van der Waals surface area contributed by atoms with Gasteiger partial charge in [0.15, 0.2) is 0 Å². The maximum atomic E-state index is 3.93. The average Bonchev–Trinajstić information content (AvgIpc) is 2.61. The molecule has 2 aliphatic rings. The molecular weight excluding hydrogens is 246 g/mol. The predicted molar refractivity (Wildman–Crippen MR) is 87.2 cm³/mol. The Kier molecular flexibility index (Phi) is 5.88. The molecule has 0 radical (unpaired) electrons. The zero-order chi connectivity index (χ0) is 14.6. The van der Waals surface area contributed by atoms with Gasteiger partial charge < -0.3 is 15.1 Å². The van der Waals surface area contributed by atoms with Crippen LogP contribution in [0.5, 0.6) is 0 Å². The zero-order valence-electron chi connectivity index (χ0n) is 14.1. The monoisotopic (exact) mass is 281 g/mol. The van der Waals surface area contributed by atoms with Crippen molar-refractivity contribution in [1.82, 2.24) is 15.1 Å². The van der Waals surface area contributed by atoms with Gasteiger partial charge in [0.2, 0.25) is 0 Å². The molecule has 2 rings (SSSR count). The molecule has 20 heavy (non-hydrogen) atoms. The Morgan fingerprint density at radius 2 is 1.95 bits per heavy atom. The van der Waals surface area contributed by atoms with Crippen LogP contribution in [0.3, 0.4) is 0 Å². The van der Waals surface area contributed by atoms with Crippen molar-refractivity contribution >= 4 is 0 Å². The molecule has 3 unspecified atom stereocenters. The van der Waals surface area contributed by atoms with Gasteiger partial charge in [-0.2, -0.15) is 0 Å². The minimum absolute atomic E-state index is 0.399. The van der Waals surface area contributed by atoms with E-state index in [1.54, 1.807) is 0 Å². The highest BCUT2D eigenvalue weighted by molar-refractivity contribution is 4.95. The summed E-state index contributed by atoms with van der Waals surface area (Å²) in [4.78, 5) is 4.98. The molecule has 1 aliphatic heterocycles. The molecule has 1 aliphatic carbocycles. The summed E-state index contributed by atoms with van der Waals surface area (Å²) in [6.07, 6.45) is 9.56. The summed E-state index contributed by atoms with van der Waals surface area (Å²) in [5.74, 6) is 0.883. The molecule has 0 bridgehead atoms. The number of hydrogen-bond acceptors (Lipinski definition) is 3. The van der Waals surface area contributed by atoms with E-state index in [0.717, 1.165) is 12.0 Å². The second-order valence-corrected chi connectivity index (χ2v) is 7.63. The maximum absolute atomic E-state index is 3.93. The third-order valence-corrected chi connectivity index (χ3v) is 5.69. The Labute approximate surface area is 126 Å². The molecule has 1 N–H and O–H groups in total. The summed E-state index contributed by atoms with van der Waals surface area (Å²) < 4.78 is 0. The fourth-order valence-electron chi connectivity index (χ4n) is 4.14. The van der Waals surface area contributed by atoms with E-state index in [1.807, 2.05) is 0 Å². The summed E-state index contributed by atoms with van der Waals surface area (Å²) in [6.45, 7) is 6.13. The highest BCUT2D eigenvalue weighted by Gasteiger charge is 2.37. The molecule has 0 amide bonds. The van der Waals surface area contributed by atoms with E-state index in [9.17, 15) is 0 Å². The van der Waals surface area contributed by atoms with Crippen molar-refractivity contribution in [2.45, 2.75) is 63.5 Å². The third kappa shape index (κ3) is 4.19. The van der Waals surface area contributed by atoms with E-state index >= 15 is 0 Å². The van der Waals surface area contributed by atoms with Gasteiger partial charge in [-0.3, -0.25) is 0 Å². The van der Waals surface area contributed by atoms with E-state index in [-0.39, 0.29) is 0 Å². The van der Waals surface area contributed by atoms with Gasteiger partial charge in [0, 0.05) is 18.1 Å². The number of likely N-dealkylation sites (N-methyl/N-ethyl adjacent to an activating group) is 1. The Bertz CT molecular complexity index is 292. The summed E-state index contributed by atoms with van der Waals surface area (Å²) >= 11 is 0. The fraction of sp³-hybridized carbons (Fsp3) is 1.00. The Balaban J connectivity index is 1.88. The summed E-state index contributed by atoms with van der Waals surface area (Å²) in [5, 5.41) is 3.93. The second kappa shape index (κ2) is 7.24. The Morgan fingerprint density at radius 1 is 1.15 bits per heavy atom. The van der Waals surface area contributed by atoms with Crippen LogP contribution in [0.25, 0.3) is 0 Å². The van der Waals surface area contributed by atoms with Crippen molar-refractivity contribution in [3.05, 3.63) is 0 Å². The number of hydrogen-bond donors (Lipinski definition) is 1. The van der Waals surface area contributed by atoms with Crippen LogP contribution in [-0.4, -0.2) is 62.2 Å². The number of likely N-dealkylation sites (tertiary alicyclic amines) is 1. The molecule has 0 aromatic carbocycles. The lowest BCUT2D eigenvalue weighted by molar-refractivity contribution is 0.0717. The maximum Gasteiger partial charge on any atom is 0.0330 e. The SMILES string of the molecule is CC1CCCC(CNC2CCCN(C)CC2)(N(C)C)C1. The predicted octanol–water partition coefficient (Wildman–Crippen LogP) is 2.57. The minimum Gasteiger partial charge on any atom is -0.312 e. The molecule has 3 atom stereocenters. The van der Waals surface area contributed by atoms with Crippen LogP contribution in [0.1, 0.15) is 51.9 Å². The molecule has 1 saturated carbocycles. The molecule has 3 heteroatoms. The molecule has 118 valence electrons. The quantitative estimate of drug-likeness (QED) is 0.854. The van der Waals surface area contributed by atoms with Crippen LogP contribution in [0.2, 0.25) is 0 Å². The van der Waals surface area contributed by atoms with Crippen molar-refractivity contribution in [3.63, 3.8) is 0 Å². The van der Waals surface area contributed by atoms with Gasteiger partial charge in [0.1, 0.15) is 0 Å². The van der Waals surface area contributed by atoms with Crippen LogP contribution in [0.15, 0.2) is 0 Å². The normalized spacial score (nSPS) is 37.0. The second-order valence-electron chi connectivity index (χ2n) is 7.63. The van der Waals surface area contributed by atoms with E-state index in [4.69, 9.17) is 0 Å². The lowest BCUT2D eigenvalue weighted by atomic mass is 9.75. The summed E-state index contributed by atoms with van der Waals surface area (Å²) in [5.41, 5.74) is 0.399. The number of rotatable bonds is 4. The van der Waals surface area contributed by atoms with Crippen LogP contribution < -0.4 is 5.32 Å². The molecular formula is C17H35N3. The fourth-order valence-corrected chi connectivity index (χ4v) is 4.14. The van der Waals surface area contributed by atoms with Crippen molar-refractivity contribution < 1.29 is 0 Å². The largest absolute Gasteiger partial charge is 0.312 e. The molecule has 0 aromatic rings. The Hall–Kier alpha value is -0.120. The van der Waals surface area contributed by atoms with Crippen LogP contribution >= 0.6 is 0 Å². The number of nitrogens with one attached hydrogen (secondary N) is 1. The van der Waals surface area contributed by atoms with Crippen LogP contribution in [0.4, 0.5) is 0 Å². The van der Waals surface area contributed by atoms with E-state index < -0.39 is 0 Å². The minimum atomic E-state index is 0.399. The molecule has 1 heterocycles. The van der Waals surface area contributed by atoms with Gasteiger partial charge in [-0.1, -0.05) is 19.8 Å². The first-order valence-electron chi connectivity index (χ1n) is 8.61. The van der Waals surface area contributed by atoms with Gasteiger partial charge in [-0.25, -0.2) is 0 Å². The first kappa shape index (κ1) is 16.3. The van der Waals surface area contributed by atoms with Gasteiger partial charge in [-0.15, -0.1) is 0 Å². The Morgan fingerprint density at radius 3 is 2.65 bits per heavy atom. The summed E-state index contributed by atoms with van der Waals surface area (Å²) in [6, 6.07) is 0.731.